The number of nitrogens with one attached hydrogen (secondary N) is 1. The highest BCUT2D eigenvalue weighted by atomic mass is 16.5. The van der Waals surface area contributed by atoms with Crippen molar-refractivity contribution in [3.8, 4) is 11.5 Å². The predicted molar refractivity (Wildman–Crippen MR) is 97.8 cm³/mol. The van der Waals surface area contributed by atoms with E-state index in [1.807, 2.05) is 25.2 Å². The van der Waals surface area contributed by atoms with Crippen molar-refractivity contribution in [1.82, 2.24) is 10.2 Å². The minimum atomic E-state index is 0.0501. The molecule has 0 saturated heterocycles. The molecule has 24 heavy (non-hydrogen) atoms. The quantitative estimate of drug-likeness (QED) is 0.793. The third-order valence-corrected chi connectivity index (χ3v) is 4.49. The zero-order chi connectivity index (χ0) is 18.3. The van der Waals surface area contributed by atoms with Gasteiger partial charge in [0.05, 0.1) is 20.8 Å². The van der Waals surface area contributed by atoms with Crippen molar-refractivity contribution in [3.63, 3.8) is 0 Å². The van der Waals surface area contributed by atoms with Crippen molar-refractivity contribution in [1.29, 1.82) is 0 Å². The minimum Gasteiger partial charge on any atom is -0.493 e. The molecule has 0 heterocycles. The maximum Gasteiger partial charge on any atom is 0.234 e. The summed E-state index contributed by atoms with van der Waals surface area (Å²) in [5.41, 5.74) is 1.25. The lowest BCUT2D eigenvalue weighted by atomic mass is 9.87. The highest BCUT2D eigenvalue weighted by Crippen LogP contribution is 2.27. The molecule has 1 amide bonds. The van der Waals surface area contributed by atoms with Crippen LogP contribution in [0.1, 0.15) is 33.3 Å². The Kier molecular flexibility index (Phi) is 7.55. The Bertz CT molecular complexity index is 538. The molecule has 0 aliphatic rings. The summed E-state index contributed by atoms with van der Waals surface area (Å²) < 4.78 is 10.5. The van der Waals surface area contributed by atoms with Gasteiger partial charge < -0.3 is 14.8 Å². The predicted octanol–water partition coefficient (Wildman–Crippen LogP) is 2.73. The summed E-state index contributed by atoms with van der Waals surface area (Å²) >= 11 is 0. The smallest absolute Gasteiger partial charge is 0.234 e. The SMILES string of the molecule is COc1ccc(CCNC(=O)CN(C)C(C)C(C)(C)C)cc1OC. The zero-order valence-electron chi connectivity index (χ0n) is 16.1. The minimum absolute atomic E-state index is 0.0501. The molecule has 1 unspecified atom stereocenters. The molecule has 0 aliphatic carbocycles. The number of carbonyl (C=O) groups is 1. The molecule has 0 aliphatic heterocycles. The fourth-order valence-corrected chi connectivity index (χ4v) is 2.46. The van der Waals surface area contributed by atoms with E-state index in [4.69, 9.17) is 9.47 Å². The van der Waals surface area contributed by atoms with E-state index in [0.717, 1.165) is 12.0 Å². The van der Waals surface area contributed by atoms with E-state index >= 15 is 0 Å². The number of hydrogen-bond acceptors (Lipinski definition) is 4. The molecule has 5 heteroatoms. The lowest BCUT2D eigenvalue weighted by Gasteiger charge is -2.34. The summed E-state index contributed by atoms with van der Waals surface area (Å²) in [5, 5.41) is 2.98. The van der Waals surface area contributed by atoms with Gasteiger partial charge in [-0.2, -0.15) is 0 Å². The van der Waals surface area contributed by atoms with Crippen molar-refractivity contribution >= 4 is 5.91 Å². The highest BCUT2D eigenvalue weighted by molar-refractivity contribution is 5.78. The molecule has 0 spiro atoms. The van der Waals surface area contributed by atoms with Crippen LogP contribution in [0.5, 0.6) is 11.5 Å². The second kappa shape index (κ2) is 8.92. The Morgan fingerprint density at radius 2 is 1.83 bits per heavy atom. The summed E-state index contributed by atoms with van der Waals surface area (Å²) in [5.74, 6) is 1.47. The summed E-state index contributed by atoms with van der Waals surface area (Å²) in [4.78, 5) is 14.2. The van der Waals surface area contributed by atoms with E-state index in [2.05, 4.69) is 37.9 Å². The topological polar surface area (TPSA) is 50.8 Å². The molecule has 0 radical (unpaired) electrons. The van der Waals surface area contributed by atoms with E-state index < -0.39 is 0 Å². The van der Waals surface area contributed by atoms with Crippen LogP contribution in [-0.4, -0.2) is 51.2 Å². The van der Waals surface area contributed by atoms with Gasteiger partial charge in [0.25, 0.3) is 0 Å². The van der Waals surface area contributed by atoms with Crippen LogP contribution in [-0.2, 0) is 11.2 Å². The van der Waals surface area contributed by atoms with Gasteiger partial charge in [0.2, 0.25) is 5.91 Å². The number of ether oxygens (including phenoxy) is 2. The second-order valence-corrected chi connectivity index (χ2v) is 7.25. The van der Waals surface area contributed by atoms with Gasteiger partial charge in [0, 0.05) is 12.6 Å². The first-order valence-corrected chi connectivity index (χ1v) is 8.37. The summed E-state index contributed by atoms with van der Waals surface area (Å²) in [6, 6.07) is 6.14. The molecule has 1 N–H and O–H groups in total. The van der Waals surface area contributed by atoms with E-state index in [0.29, 0.717) is 30.6 Å². The van der Waals surface area contributed by atoms with Crippen molar-refractivity contribution in [2.45, 2.75) is 40.2 Å². The van der Waals surface area contributed by atoms with E-state index in [9.17, 15) is 4.79 Å². The highest BCUT2D eigenvalue weighted by Gasteiger charge is 2.24. The second-order valence-electron chi connectivity index (χ2n) is 7.25. The number of amides is 1. The molecule has 0 bridgehead atoms. The van der Waals surface area contributed by atoms with Gasteiger partial charge >= 0.3 is 0 Å². The fraction of sp³-hybridized carbons (Fsp3) is 0.632. The molecule has 0 fully saturated rings. The maximum absolute atomic E-state index is 12.1. The van der Waals surface area contributed by atoms with Gasteiger partial charge in [0.15, 0.2) is 11.5 Å². The van der Waals surface area contributed by atoms with Crippen LogP contribution in [0.4, 0.5) is 0 Å². The lowest BCUT2D eigenvalue weighted by Crippen LogP contribution is -2.45. The average molecular weight is 336 g/mol. The number of rotatable bonds is 8. The maximum atomic E-state index is 12.1. The average Bonchev–Trinajstić information content (AvgIpc) is 2.52. The van der Waals surface area contributed by atoms with E-state index in [1.165, 1.54) is 0 Å². The lowest BCUT2D eigenvalue weighted by molar-refractivity contribution is -0.122. The fourth-order valence-electron chi connectivity index (χ4n) is 2.46. The normalized spacial score (nSPS) is 12.8. The molecule has 1 atom stereocenters. The molecule has 5 nitrogen and oxygen atoms in total. The monoisotopic (exact) mass is 336 g/mol. The molecule has 1 aromatic rings. The van der Waals surface area contributed by atoms with Crippen molar-refractivity contribution in [3.05, 3.63) is 23.8 Å². The van der Waals surface area contributed by atoms with Crippen molar-refractivity contribution < 1.29 is 14.3 Å². The Hall–Kier alpha value is -1.75. The zero-order valence-corrected chi connectivity index (χ0v) is 16.1. The van der Waals surface area contributed by atoms with Crippen LogP contribution in [0.2, 0.25) is 0 Å². The molecule has 1 rings (SSSR count). The van der Waals surface area contributed by atoms with Crippen LogP contribution in [0, 0.1) is 5.41 Å². The molecule has 0 aromatic heterocycles. The third kappa shape index (κ3) is 6.04. The van der Waals surface area contributed by atoms with Crippen LogP contribution < -0.4 is 14.8 Å². The van der Waals surface area contributed by atoms with Crippen LogP contribution in [0.15, 0.2) is 18.2 Å². The summed E-state index contributed by atoms with van der Waals surface area (Å²) in [7, 11) is 5.23. The first kappa shape index (κ1) is 20.3. The van der Waals surface area contributed by atoms with Crippen LogP contribution in [0.3, 0.4) is 0 Å². The number of methoxy groups -OCH3 is 2. The van der Waals surface area contributed by atoms with E-state index in [1.54, 1.807) is 14.2 Å². The molecular weight excluding hydrogens is 304 g/mol. The Morgan fingerprint density at radius 1 is 1.21 bits per heavy atom. The third-order valence-electron chi connectivity index (χ3n) is 4.49. The standard InChI is InChI=1S/C19H32N2O3/c1-14(19(2,3)4)21(5)13-18(22)20-11-10-15-8-9-16(23-6)17(12-15)24-7/h8-9,12,14H,10-11,13H2,1-7H3,(H,20,22). The van der Waals surface area contributed by atoms with Gasteiger partial charge in [-0.05, 0) is 43.5 Å². The Labute approximate surface area is 146 Å². The van der Waals surface area contributed by atoms with Gasteiger partial charge in [-0.25, -0.2) is 0 Å². The number of nitrogens with zero attached hydrogens (tertiary/aromatic N) is 1. The molecular formula is C19H32N2O3. The Balaban J connectivity index is 2.46. The van der Waals surface area contributed by atoms with Crippen LogP contribution >= 0.6 is 0 Å². The van der Waals surface area contributed by atoms with Gasteiger partial charge in [-0.3, -0.25) is 9.69 Å². The van der Waals surface area contributed by atoms with Gasteiger partial charge in [-0.15, -0.1) is 0 Å². The molecule has 0 saturated carbocycles. The summed E-state index contributed by atoms with van der Waals surface area (Å²) in [6.07, 6.45) is 0.755. The number of benzene rings is 1. The Morgan fingerprint density at radius 3 is 2.38 bits per heavy atom. The number of carbonyl (C=O) groups excluding carboxylic acids is 1. The van der Waals surface area contributed by atoms with E-state index in [-0.39, 0.29) is 11.3 Å². The molecule has 136 valence electrons. The van der Waals surface area contributed by atoms with Crippen LogP contribution in [0.25, 0.3) is 0 Å². The van der Waals surface area contributed by atoms with Gasteiger partial charge in [0.1, 0.15) is 0 Å². The first-order chi connectivity index (χ1) is 11.2. The van der Waals surface area contributed by atoms with Gasteiger partial charge in [-0.1, -0.05) is 26.8 Å². The molecule has 1 aromatic carbocycles. The van der Waals surface area contributed by atoms with Crippen molar-refractivity contribution in [2.75, 3.05) is 34.4 Å². The largest absolute Gasteiger partial charge is 0.493 e. The first-order valence-electron chi connectivity index (χ1n) is 8.37. The number of hydrogen-bond donors (Lipinski definition) is 1. The number of likely N-dealkylation sites (N-methyl/N-ethyl adjacent to an activating group) is 1. The van der Waals surface area contributed by atoms with Crippen molar-refractivity contribution in [2.24, 2.45) is 5.41 Å². The summed E-state index contributed by atoms with van der Waals surface area (Å²) in [6.45, 7) is 9.71.